The summed E-state index contributed by atoms with van der Waals surface area (Å²) in [5, 5.41) is 3.19. The normalized spacial score (nSPS) is 10.3. The highest BCUT2D eigenvalue weighted by molar-refractivity contribution is 6.32. The molecule has 0 aliphatic rings. The molecule has 1 N–H and O–H groups in total. The second-order valence-electron chi connectivity index (χ2n) is 4.70. The number of anilines is 1. The summed E-state index contributed by atoms with van der Waals surface area (Å²) >= 11 is 6.16. The first-order valence-electron chi connectivity index (χ1n) is 7.46. The van der Waals surface area contributed by atoms with Gasteiger partial charge in [0.2, 0.25) is 5.88 Å². The van der Waals surface area contributed by atoms with E-state index >= 15 is 0 Å². The number of pyridine rings is 1. The van der Waals surface area contributed by atoms with Crippen LogP contribution in [0.15, 0.2) is 36.5 Å². The number of halogens is 1. The number of ether oxygens (including phenoxy) is 3. The molecule has 7 heteroatoms. The Labute approximate surface area is 145 Å². The molecule has 6 nitrogen and oxygen atoms in total. The highest BCUT2D eigenvalue weighted by Gasteiger charge is 2.16. The molecule has 0 fully saturated rings. The number of nitrogens with one attached hydrogen (secondary N) is 1. The van der Waals surface area contributed by atoms with Crippen LogP contribution in [0.3, 0.4) is 0 Å². The molecule has 1 amide bonds. The summed E-state index contributed by atoms with van der Waals surface area (Å²) in [6, 6.07) is 8.44. The maximum Gasteiger partial charge on any atom is 0.261 e. The van der Waals surface area contributed by atoms with Crippen molar-refractivity contribution in [2.45, 2.75) is 6.92 Å². The topological polar surface area (TPSA) is 69.7 Å². The molecule has 2 aromatic rings. The molecule has 0 saturated carbocycles. The minimum absolute atomic E-state index is 0.279. The van der Waals surface area contributed by atoms with E-state index in [1.54, 1.807) is 43.6 Å². The van der Waals surface area contributed by atoms with Crippen molar-refractivity contribution >= 4 is 23.2 Å². The van der Waals surface area contributed by atoms with Gasteiger partial charge in [-0.1, -0.05) is 17.7 Å². The fourth-order valence-corrected chi connectivity index (χ4v) is 2.22. The maximum atomic E-state index is 12.5. The van der Waals surface area contributed by atoms with Crippen molar-refractivity contribution in [2.75, 3.05) is 32.2 Å². The molecule has 0 spiro atoms. The molecule has 0 aliphatic carbocycles. The molecule has 1 aromatic heterocycles. The van der Waals surface area contributed by atoms with Crippen LogP contribution in [0.5, 0.6) is 11.6 Å². The van der Waals surface area contributed by atoms with Crippen molar-refractivity contribution in [3.05, 3.63) is 47.1 Å². The summed E-state index contributed by atoms with van der Waals surface area (Å²) in [6.07, 6.45) is 1.57. The van der Waals surface area contributed by atoms with Crippen molar-refractivity contribution in [1.29, 1.82) is 0 Å². The van der Waals surface area contributed by atoms with E-state index in [2.05, 4.69) is 10.3 Å². The van der Waals surface area contributed by atoms with E-state index < -0.39 is 0 Å². The first-order chi connectivity index (χ1) is 11.7. The van der Waals surface area contributed by atoms with E-state index in [0.29, 0.717) is 41.8 Å². The number of carbonyl (C=O) groups excluding carboxylic acids is 1. The Balaban J connectivity index is 2.21. The van der Waals surface area contributed by atoms with Gasteiger partial charge in [-0.05, 0) is 31.2 Å². The Bertz CT molecular complexity index is 694. The van der Waals surface area contributed by atoms with Gasteiger partial charge in [0.05, 0.1) is 23.9 Å². The third-order valence-corrected chi connectivity index (χ3v) is 3.34. The fourth-order valence-electron chi connectivity index (χ4n) is 1.99. The lowest BCUT2D eigenvalue weighted by Crippen LogP contribution is -2.16. The van der Waals surface area contributed by atoms with Crippen molar-refractivity contribution in [3.63, 3.8) is 0 Å². The molecule has 1 heterocycles. The number of carbonyl (C=O) groups is 1. The lowest BCUT2D eigenvalue weighted by molar-refractivity contribution is 0.102. The first-order valence-corrected chi connectivity index (χ1v) is 7.84. The van der Waals surface area contributed by atoms with Crippen LogP contribution in [0.25, 0.3) is 0 Å². The van der Waals surface area contributed by atoms with Crippen LogP contribution in [-0.4, -0.2) is 37.8 Å². The predicted octanol–water partition coefficient (Wildman–Crippen LogP) is 3.41. The van der Waals surface area contributed by atoms with Crippen LogP contribution >= 0.6 is 11.6 Å². The van der Waals surface area contributed by atoms with Gasteiger partial charge < -0.3 is 19.5 Å². The Morgan fingerprint density at radius 2 is 2.04 bits per heavy atom. The van der Waals surface area contributed by atoms with Crippen LogP contribution in [0.4, 0.5) is 5.69 Å². The Hall–Kier alpha value is -2.31. The largest absolute Gasteiger partial charge is 0.487 e. The zero-order valence-electron chi connectivity index (χ0n) is 13.5. The molecule has 2 rings (SSSR count). The number of para-hydroxylation sites is 1. The first kappa shape index (κ1) is 18.0. The van der Waals surface area contributed by atoms with Gasteiger partial charge in [0.25, 0.3) is 5.91 Å². The van der Waals surface area contributed by atoms with Crippen LogP contribution in [0.2, 0.25) is 5.02 Å². The highest BCUT2D eigenvalue weighted by Crippen LogP contribution is 2.33. The average Bonchev–Trinajstić information content (AvgIpc) is 2.58. The fraction of sp³-hybridized carbons (Fsp3) is 0.294. The van der Waals surface area contributed by atoms with Crippen LogP contribution in [0, 0.1) is 0 Å². The third-order valence-electron chi connectivity index (χ3n) is 3.05. The Morgan fingerprint density at radius 1 is 1.21 bits per heavy atom. The number of rotatable bonds is 8. The molecule has 128 valence electrons. The van der Waals surface area contributed by atoms with Crippen LogP contribution in [-0.2, 0) is 4.74 Å². The zero-order chi connectivity index (χ0) is 17.4. The summed E-state index contributed by atoms with van der Waals surface area (Å²) in [5.74, 6) is 0.318. The van der Waals surface area contributed by atoms with E-state index in [1.807, 2.05) is 6.92 Å². The minimum Gasteiger partial charge on any atom is -0.487 e. The van der Waals surface area contributed by atoms with Gasteiger partial charge >= 0.3 is 0 Å². The van der Waals surface area contributed by atoms with Crippen molar-refractivity contribution < 1.29 is 19.0 Å². The van der Waals surface area contributed by atoms with Gasteiger partial charge in [-0.3, -0.25) is 4.79 Å². The standard InChI is InChI=1S/C17H19ClN2O4/c1-3-23-17-12(6-5-9-19-17)16(21)20-14-8-4-7-13(18)15(14)24-11-10-22-2/h4-9H,3,10-11H2,1-2H3,(H,20,21). The summed E-state index contributed by atoms with van der Waals surface area (Å²) in [7, 11) is 1.58. The summed E-state index contributed by atoms with van der Waals surface area (Å²) in [4.78, 5) is 16.6. The number of amides is 1. The maximum absolute atomic E-state index is 12.5. The molecule has 0 bridgehead atoms. The highest BCUT2D eigenvalue weighted by atomic mass is 35.5. The minimum atomic E-state index is -0.356. The zero-order valence-corrected chi connectivity index (χ0v) is 14.3. The van der Waals surface area contributed by atoms with Crippen molar-refractivity contribution in [1.82, 2.24) is 4.98 Å². The summed E-state index contributed by atoms with van der Waals surface area (Å²) in [5.41, 5.74) is 0.803. The van der Waals surface area contributed by atoms with Crippen molar-refractivity contribution in [2.24, 2.45) is 0 Å². The second-order valence-corrected chi connectivity index (χ2v) is 5.11. The average molecular weight is 351 g/mol. The lowest BCUT2D eigenvalue weighted by Gasteiger charge is -2.14. The number of hydrogen-bond donors (Lipinski definition) is 1. The van der Waals surface area contributed by atoms with E-state index in [9.17, 15) is 4.79 Å². The summed E-state index contributed by atoms with van der Waals surface area (Å²) in [6.45, 7) is 2.98. The van der Waals surface area contributed by atoms with Gasteiger partial charge in [0.1, 0.15) is 12.2 Å². The van der Waals surface area contributed by atoms with Gasteiger partial charge in [0, 0.05) is 13.3 Å². The number of benzene rings is 1. The van der Waals surface area contributed by atoms with E-state index in [4.69, 9.17) is 25.8 Å². The summed E-state index contributed by atoms with van der Waals surface area (Å²) < 4.78 is 15.9. The Morgan fingerprint density at radius 3 is 2.79 bits per heavy atom. The van der Waals surface area contributed by atoms with Crippen LogP contribution in [0.1, 0.15) is 17.3 Å². The number of aromatic nitrogens is 1. The number of methoxy groups -OCH3 is 1. The second kappa shape index (κ2) is 9.10. The molecule has 0 saturated heterocycles. The van der Waals surface area contributed by atoms with E-state index in [1.165, 1.54) is 0 Å². The molecule has 0 radical (unpaired) electrons. The number of nitrogens with zero attached hydrogens (tertiary/aromatic N) is 1. The molecule has 1 aromatic carbocycles. The monoisotopic (exact) mass is 350 g/mol. The number of hydrogen-bond acceptors (Lipinski definition) is 5. The van der Waals surface area contributed by atoms with Gasteiger partial charge in [-0.2, -0.15) is 0 Å². The molecule has 0 atom stereocenters. The van der Waals surface area contributed by atoms with E-state index in [0.717, 1.165) is 0 Å². The third kappa shape index (κ3) is 4.59. The van der Waals surface area contributed by atoms with Crippen LogP contribution < -0.4 is 14.8 Å². The molecule has 0 aliphatic heterocycles. The van der Waals surface area contributed by atoms with Crippen molar-refractivity contribution in [3.8, 4) is 11.6 Å². The molecular weight excluding hydrogens is 332 g/mol. The van der Waals surface area contributed by atoms with Gasteiger partial charge in [-0.15, -0.1) is 0 Å². The van der Waals surface area contributed by atoms with Gasteiger partial charge in [0.15, 0.2) is 5.75 Å². The predicted molar refractivity (Wildman–Crippen MR) is 92.2 cm³/mol. The Kier molecular flexibility index (Phi) is 6.84. The van der Waals surface area contributed by atoms with Gasteiger partial charge in [-0.25, -0.2) is 4.98 Å². The quantitative estimate of drug-likeness (QED) is 0.739. The molecular formula is C17H19ClN2O4. The smallest absolute Gasteiger partial charge is 0.261 e. The molecule has 0 unspecified atom stereocenters. The lowest BCUT2D eigenvalue weighted by atomic mass is 10.2. The van der Waals surface area contributed by atoms with E-state index in [-0.39, 0.29) is 11.8 Å². The molecule has 24 heavy (non-hydrogen) atoms. The SMILES string of the molecule is CCOc1ncccc1C(=O)Nc1cccc(Cl)c1OCCOC.